The minimum atomic E-state index is -0.481. The number of carbonyl (C=O) groups is 3. The molecule has 0 radical (unpaired) electrons. The first-order chi connectivity index (χ1) is 13.5. The number of hydrogen-bond acceptors (Lipinski definition) is 4. The molecule has 3 heterocycles. The van der Waals surface area contributed by atoms with Crippen LogP contribution in [0.1, 0.15) is 43.0 Å². The summed E-state index contributed by atoms with van der Waals surface area (Å²) in [5, 5.41) is 2.32. The Balaban J connectivity index is 1.51. The molecule has 3 aliphatic heterocycles. The third kappa shape index (κ3) is 3.54. The number of para-hydroxylation sites is 1. The largest absolute Gasteiger partial charge is 0.370 e. The number of amides is 4. The zero-order valence-electron chi connectivity index (χ0n) is 16.1. The topological polar surface area (TPSA) is 79.0 Å². The summed E-state index contributed by atoms with van der Waals surface area (Å²) in [6, 6.07) is 6.61. The van der Waals surface area contributed by atoms with E-state index >= 15 is 0 Å². The zero-order chi connectivity index (χ0) is 19.7. The maximum Gasteiger partial charge on any atom is 0.328 e. The minimum Gasteiger partial charge on any atom is -0.370 e. The molecular weight excluding hydrogens is 358 g/mol. The minimum absolute atomic E-state index is 0.0911. The van der Waals surface area contributed by atoms with Crippen LogP contribution in [0.5, 0.6) is 0 Å². The van der Waals surface area contributed by atoms with Gasteiger partial charge in [-0.25, -0.2) is 4.79 Å². The van der Waals surface area contributed by atoms with Gasteiger partial charge >= 0.3 is 6.03 Å². The van der Waals surface area contributed by atoms with E-state index in [9.17, 15) is 14.4 Å². The highest BCUT2D eigenvalue weighted by atomic mass is 16.5. The molecule has 148 valence electrons. The fraction of sp³-hybridized carbons (Fsp3) is 0.476. The number of anilines is 1. The number of likely N-dealkylation sites (tertiary alicyclic amines) is 1. The van der Waals surface area contributed by atoms with Gasteiger partial charge in [-0.05, 0) is 38.3 Å². The van der Waals surface area contributed by atoms with E-state index in [2.05, 4.69) is 18.3 Å². The molecule has 28 heavy (non-hydrogen) atoms. The summed E-state index contributed by atoms with van der Waals surface area (Å²) in [6.45, 7) is 4.37. The molecule has 2 fully saturated rings. The molecule has 0 aromatic heterocycles. The van der Waals surface area contributed by atoms with Crippen LogP contribution in [0.2, 0.25) is 0 Å². The quantitative estimate of drug-likeness (QED) is 0.796. The number of nitrogens with one attached hydrogen (secondary N) is 1. The van der Waals surface area contributed by atoms with Crippen LogP contribution >= 0.6 is 0 Å². The van der Waals surface area contributed by atoms with E-state index in [4.69, 9.17) is 4.74 Å². The van der Waals surface area contributed by atoms with Crippen molar-refractivity contribution in [2.75, 3.05) is 31.1 Å². The molecule has 4 rings (SSSR count). The van der Waals surface area contributed by atoms with Gasteiger partial charge in [-0.15, -0.1) is 0 Å². The van der Waals surface area contributed by atoms with E-state index in [1.807, 2.05) is 4.90 Å². The van der Waals surface area contributed by atoms with Gasteiger partial charge in [0.05, 0.1) is 23.5 Å². The molecule has 7 nitrogen and oxygen atoms in total. The van der Waals surface area contributed by atoms with Crippen molar-refractivity contribution in [1.82, 2.24) is 10.2 Å². The predicted molar refractivity (Wildman–Crippen MR) is 104 cm³/mol. The molecule has 2 saturated heterocycles. The summed E-state index contributed by atoms with van der Waals surface area (Å²) >= 11 is 0. The Kier molecular flexibility index (Phi) is 4.93. The Bertz CT molecular complexity index is 840. The fourth-order valence-electron chi connectivity index (χ4n) is 4.21. The Morgan fingerprint density at radius 1 is 1.11 bits per heavy atom. The second kappa shape index (κ2) is 7.39. The van der Waals surface area contributed by atoms with Crippen LogP contribution in [-0.2, 0) is 9.53 Å². The van der Waals surface area contributed by atoms with E-state index in [1.165, 1.54) is 10.5 Å². The third-order valence-electron chi connectivity index (χ3n) is 5.77. The highest BCUT2D eigenvalue weighted by Gasteiger charge is 2.37. The van der Waals surface area contributed by atoms with Crippen molar-refractivity contribution in [2.24, 2.45) is 0 Å². The van der Waals surface area contributed by atoms with Crippen LogP contribution in [0.25, 0.3) is 0 Å². The van der Waals surface area contributed by atoms with E-state index in [-0.39, 0.29) is 30.4 Å². The van der Waals surface area contributed by atoms with Gasteiger partial charge in [0, 0.05) is 26.1 Å². The molecule has 0 bridgehead atoms. The van der Waals surface area contributed by atoms with Crippen LogP contribution in [0, 0.1) is 0 Å². The first kappa shape index (κ1) is 18.7. The van der Waals surface area contributed by atoms with Crippen LogP contribution in [-0.4, -0.2) is 54.6 Å². The van der Waals surface area contributed by atoms with Crippen molar-refractivity contribution < 1.29 is 19.1 Å². The number of benzene rings is 1. The highest BCUT2D eigenvalue weighted by molar-refractivity contribution is 6.09. The molecule has 1 spiro atoms. The van der Waals surface area contributed by atoms with Gasteiger partial charge in [-0.1, -0.05) is 23.8 Å². The van der Waals surface area contributed by atoms with Crippen molar-refractivity contribution in [2.45, 2.75) is 38.2 Å². The Morgan fingerprint density at radius 3 is 2.57 bits per heavy atom. The number of urea groups is 1. The van der Waals surface area contributed by atoms with Gasteiger partial charge in [-0.3, -0.25) is 19.8 Å². The van der Waals surface area contributed by atoms with Gasteiger partial charge in [0.15, 0.2) is 0 Å². The SMILES string of the molecule is CC1=CC2(CCN(C(=O)c3ccccc3N3CCC(=O)NC3=O)CC2)OCC1. The lowest BCUT2D eigenvalue weighted by Gasteiger charge is -2.42. The average Bonchev–Trinajstić information content (AvgIpc) is 2.68. The number of hydrogen-bond donors (Lipinski definition) is 1. The zero-order valence-corrected chi connectivity index (χ0v) is 16.1. The lowest BCUT2D eigenvalue weighted by Crippen LogP contribution is -2.51. The van der Waals surface area contributed by atoms with Crippen molar-refractivity contribution in [3.05, 3.63) is 41.5 Å². The number of rotatable bonds is 2. The van der Waals surface area contributed by atoms with Gasteiger partial charge in [0.1, 0.15) is 0 Å². The summed E-state index contributed by atoms with van der Waals surface area (Å²) in [5.41, 5.74) is 2.13. The van der Waals surface area contributed by atoms with E-state index in [0.717, 1.165) is 25.9 Å². The number of carbonyl (C=O) groups excluding carboxylic acids is 3. The number of ether oxygens (including phenoxy) is 1. The Hall–Kier alpha value is -2.67. The smallest absolute Gasteiger partial charge is 0.328 e. The lowest BCUT2D eigenvalue weighted by molar-refractivity contribution is -0.120. The summed E-state index contributed by atoms with van der Waals surface area (Å²) in [7, 11) is 0. The predicted octanol–water partition coefficient (Wildman–Crippen LogP) is 2.47. The van der Waals surface area contributed by atoms with Gasteiger partial charge in [-0.2, -0.15) is 0 Å². The standard InChI is InChI=1S/C21H25N3O4/c1-15-7-13-28-21(14-15)8-11-23(12-9-21)19(26)16-4-2-3-5-17(16)24-10-6-18(25)22-20(24)27/h2-5,14H,6-13H2,1H3,(H,22,25,27). The molecular formula is C21H25N3O4. The van der Waals surface area contributed by atoms with Crippen LogP contribution in [0.15, 0.2) is 35.9 Å². The van der Waals surface area contributed by atoms with E-state index in [1.54, 1.807) is 24.3 Å². The summed E-state index contributed by atoms with van der Waals surface area (Å²) in [6.07, 6.45) is 4.97. The van der Waals surface area contributed by atoms with Crippen LogP contribution in [0.3, 0.4) is 0 Å². The first-order valence-electron chi connectivity index (χ1n) is 9.79. The Morgan fingerprint density at radius 2 is 1.86 bits per heavy atom. The van der Waals surface area contributed by atoms with Crippen molar-refractivity contribution in [1.29, 1.82) is 0 Å². The number of piperidine rings is 1. The molecule has 0 unspecified atom stereocenters. The molecule has 3 aliphatic rings. The highest BCUT2D eigenvalue weighted by Crippen LogP contribution is 2.34. The monoisotopic (exact) mass is 383 g/mol. The van der Waals surface area contributed by atoms with Crippen molar-refractivity contribution in [3.8, 4) is 0 Å². The van der Waals surface area contributed by atoms with E-state index < -0.39 is 6.03 Å². The average molecular weight is 383 g/mol. The molecule has 1 aromatic rings. The maximum absolute atomic E-state index is 13.2. The number of nitrogens with zero attached hydrogens (tertiary/aromatic N) is 2. The summed E-state index contributed by atoms with van der Waals surface area (Å²) in [5.74, 6) is -0.381. The Labute approximate surface area is 164 Å². The second-order valence-corrected chi connectivity index (χ2v) is 7.72. The van der Waals surface area contributed by atoms with Crippen molar-refractivity contribution >= 4 is 23.5 Å². The molecule has 0 saturated carbocycles. The molecule has 7 heteroatoms. The molecule has 4 amide bonds. The van der Waals surface area contributed by atoms with Crippen LogP contribution < -0.4 is 10.2 Å². The molecule has 0 aliphatic carbocycles. The van der Waals surface area contributed by atoms with Gasteiger partial charge < -0.3 is 9.64 Å². The fourth-order valence-corrected chi connectivity index (χ4v) is 4.21. The van der Waals surface area contributed by atoms with Gasteiger partial charge in [0.25, 0.3) is 5.91 Å². The van der Waals surface area contributed by atoms with Crippen LogP contribution in [0.4, 0.5) is 10.5 Å². The maximum atomic E-state index is 13.2. The molecule has 1 aromatic carbocycles. The first-order valence-corrected chi connectivity index (χ1v) is 9.79. The molecule has 0 atom stereocenters. The lowest BCUT2D eigenvalue weighted by atomic mass is 9.86. The normalized spacial score (nSPS) is 22.1. The molecule has 1 N–H and O–H groups in total. The van der Waals surface area contributed by atoms with Gasteiger partial charge in [0.2, 0.25) is 5.91 Å². The second-order valence-electron chi connectivity index (χ2n) is 7.72. The van der Waals surface area contributed by atoms with Crippen molar-refractivity contribution in [3.63, 3.8) is 0 Å². The summed E-state index contributed by atoms with van der Waals surface area (Å²) in [4.78, 5) is 40.2. The summed E-state index contributed by atoms with van der Waals surface area (Å²) < 4.78 is 6.05. The third-order valence-corrected chi connectivity index (χ3v) is 5.77. The number of imide groups is 1. The van der Waals surface area contributed by atoms with E-state index in [0.29, 0.717) is 24.3 Å².